The van der Waals surface area contributed by atoms with Crippen LogP contribution in [0.1, 0.15) is 17.4 Å². The highest BCUT2D eigenvalue weighted by molar-refractivity contribution is 7.16. The molecule has 7 heteroatoms. The fourth-order valence-corrected chi connectivity index (χ4v) is 3.41. The molecule has 3 aromatic heterocycles. The number of thiophene rings is 1. The van der Waals surface area contributed by atoms with E-state index in [9.17, 15) is 4.39 Å². The van der Waals surface area contributed by atoms with Gasteiger partial charge in [0, 0.05) is 19.4 Å². The molecule has 0 aliphatic heterocycles. The molecule has 0 aliphatic rings. The van der Waals surface area contributed by atoms with Crippen molar-refractivity contribution in [1.82, 2.24) is 19.5 Å². The monoisotopic (exact) mass is 339 g/mol. The number of fused-ring (bicyclic) bond motifs is 1. The van der Waals surface area contributed by atoms with Gasteiger partial charge in [0.1, 0.15) is 34.7 Å². The molecule has 0 saturated heterocycles. The maximum absolute atomic E-state index is 13.7. The minimum atomic E-state index is -0.321. The molecular formula is C17H14FN5S. The first-order valence-corrected chi connectivity index (χ1v) is 8.28. The van der Waals surface area contributed by atoms with Crippen LogP contribution in [0.2, 0.25) is 0 Å². The molecule has 1 atom stereocenters. The Morgan fingerprint density at radius 2 is 2.12 bits per heavy atom. The van der Waals surface area contributed by atoms with E-state index in [2.05, 4.69) is 20.3 Å². The Labute approximate surface area is 141 Å². The standard InChI is InChI=1S/C17H14FN5S/c1-23-7-6-19-16(23)14(11-3-2-4-12(18)9-11)22-15-13-5-8-24-17(13)21-10-20-15/h2-10,14H,1H3,(H,20,21,22)/t14-/m1/s1. The van der Waals surface area contributed by atoms with Crippen molar-refractivity contribution in [1.29, 1.82) is 0 Å². The first kappa shape index (κ1) is 14.8. The van der Waals surface area contributed by atoms with Gasteiger partial charge in [0.25, 0.3) is 0 Å². The van der Waals surface area contributed by atoms with Gasteiger partial charge in [-0.15, -0.1) is 11.3 Å². The van der Waals surface area contributed by atoms with E-state index in [0.717, 1.165) is 21.6 Å². The zero-order valence-electron chi connectivity index (χ0n) is 12.8. The number of rotatable bonds is 4. The average molecular weight is 339 g/mol. The van der Waals surface area contributed by atoms with E-state index in [1.54, 1.807) is 23.6 Å². The Hall–Kier alpha value is -2.80. The summed E-state index contributed by atoms with van der Waals surface area (Å²) in [7, 11) is 1.91. The molecule has 0 radical (unpaired) electrons. The van der Waals surface area contributed by atoms with E-state index in [4.69, 9.17) is 0 Å². The molecule has 3 heterocycles. The summed E-state index contributed by atoms with van der Waals surface area (Å²) >= 11 is 1.56. The second-order valence-electron chi connectivity index (χ2n) is 5.39. The van der Waals surface area contributed by atoms with Crippen LogP contribution in [0.25, 0.3) is 10.2 Å². The van der Waals surface area contributed by atoms with Gasteiger partial charge >= 0.3 is 0 Å². The molecule has 0 spiro atoms. The summed E-state index contributed by atoms with van der Waals surface area (Å²) in [6.07, 6.45) is 5.12. The Morgan fingerprint density at radius 1 is 1.21 bits per heavy atom. The zero-order chi connectivity index (χ0) is 16.5. The number of hydrogen-bond donors (Lipinski definition) is 1. The molecule has 120 valence electrons. The Bertz CT molecular complexity index is 993. The second-order valence-corrected chi connectivity index (χ2v) is 6.28. The Morgan fingerprint density at radius 3 is 2.92 bits per heavy atom. The van der Waals surface area contributed by atoms with Gasteiger partial charge in [0.2, 0.25) is 0 Å². The quantitative estimate of drug-likeness (QED) is 0.615. The van der Waals surface area contributed by atoms with Gasteiger partial charge in [-0.05, 0) is 29.1 Å². The number of aromatic nitrogens is 4. The minimum absolute atomic E-state index is 0.281. The maximum Gasteiger partial charge on any atom is 0.139 e. The fourth-order valence-electron chi connectivity index (χ4n) is 2.68. The molecule has 24 heavy (non-hydrogen) atoms. The largest absolute Gasteiger partial charge is 0.356 e. The third-order valence-electron chi connectivity index (χ3n) is 3.84. The van der Waals surface area contributed by atoms with Crippen LogP contribution in [0.4, 0.5) is 10.2 Å². The van der Waals surface area contributed by atoms with Gasteiger partial charge in [-0.3, -0.25) is 0 Å². The van der Waals surface area contributed by atoms with Gasteiger partial charge in [-0.25, -0.2) is 19.3 Å². The number of nitrogens with zero attached hydrogens (tertiary/aromatic N) is 4. The lowest BCUT2D eigenvalue weighted by Crippen LogP contribution is -2.17. The molecule has 5 nitrogen and oxygen atoms in total. The van der Waals surface area contributed by atoms with Gasteiger partial charge in [-0.2, -0.15) is 0 Å². The number of hydrogen-bond acceptors (Lipinski definition) is 5. The number of aryl methyl sites for hydroxylation is 1. The molecule has 0 fully saturated rings. The Kier molecular flexibility index (Phi) is 3.70. The highest BCUT2D eigenvalue weighted by Gasteiger charge is 2.20. The second kappa shape index (κ2) is 6.01. The molecule has 0 unspecified atom stereocenters. The van der Waals surface area contributed by atoms with Crippen LogP contribution >= 0.6 is 11.3 Å². The van der Waals surface area contributed by atoms with E-state index < -0.39 is 0 Å². The molecule has 1 N–H and O–H groups in total. The summed E-state index contributed by atoms with van der Waals surface area (Å²) in [4.78, 5) is 14.0. The van der Waals surface area contributed by atoms with Crippen LogP contribution in [0.3, 0.4) is 0 Å². The topological polar surface area (TPSA) is 55.6 Å². The lowest BCUT2D eigenvalue weighted by atomic mass is 10.1. The number of anilines is 1. The van der Waals surface area contributed by atoms with Crippen LogP contribution < -0.4 is 5.32 Å². The fraction of sp³-hybridized carbons (Fsp3) is 0.118. The lowest BCUT2D eigenvalue weighted by molar-refractivity contribution is 0.622. The molecule has 0 aliphatic carbocycles. The molecule has 0 saturated carbocycles. The molecule has 0 bridgehead atoms. The SMILES string of the molecule is Cn1ccnc1[C@H](Nc1ncnc2sccc12)c1cccc(F)c1. The highest BCUT2D eigenvalue weighted by Crippen LogP contribution is 2.30. The normalized spacial score (nSPS) is 12.4. The number of halogens is 1. The minimum Gasteiger partial charge on any atom is -0.356 e. The lowest BCUT2D eigenvalue weighted by Gasteiger charge is -2.20. The summed E-state index contributed by atoms with van der Waals surface area (Å²) in [5.74, 6) is 1.21. The smallest absolute Gasteiger partial charge is 0.139 e. The summed E-state index contributed by atoms with van der Waals surface area (Å²) in [5, 5.41) is 6.32. The van der Waals surface area contributed by atoms with Gasteiger partial charge in [-0.1, -0.05) is 12.1 Å². The number of imidazole rings is 1. The van der Waals surface area contributed by atoms with Crippen molar-refractivity contribution in [3.63, 3.8) is 0 Å². The van der Waals surface area contributed by atoms with Crippen molar-refractivity contribution in [3.05, 3.63) is 71.6 Å². The summed E-state index contributed by atoms with van der Waals surface area (Å²) in [5.41, 5.74) is 0.784. The molecule has 4 rings (SSSR count). The number of nitrogens with one attached hydrogen (secondary N) is 1. The van der Waals surface area contributed by atoms with Crippen molar-refractivity contribution in [2.24, 2.45) is 7.05 Å². The maximum atomic E-state index is 13.7. The van der Waals surface area contributed by atoms with Gasteiger partial charge < -0.3 is 9.88 Å². The van der Waals surface area contributed by atoms with Gasteiger partial charge in [0.15, 0.2) is 0 Å². The van der Waals surface area contributed by atoms with E-state index >= 15 is 0 Å². The molecule has 4 aromatic rings. The van der Waals surface area contributed by atoms with Crippen LogP contribution in [-0.2, 0) is 7.05 Å². The van der Waals surface area contributed by atoms with E-state index in [1.165, 1.54) is 18.5 Å². The zero-order valence-corrected chi connectivity index (χ0v) is 13.7. The van der Waals surface area contributed by atoms with Crippen LogP contribution in [0, 0.1) is 5.82 Å². The van der Waals surface area contributed by atoms with Crippen LogP contribution in [-0.4, -0.2) is 19.5 Å². The Balaban J connectivity index is 1.81. The molecule has 1 aromatic carbocycles. The van der Waals surface area contributed by atoms with E-state index in [0.29, 0.717) is 5.82 Å². The van der Waals surface area contributed by atoms with Crippen molar-refractivity contribution < 1.29 is 4.39 Å². The van der Waals surface area contributed by atoms with Crippen LogP contribution in [0.15, 0.2) is 54.4 Å². The van der Waals surface area contributed by atoms with Crippen LogP contribution in [0.5, 0.6) is 0 Å². The summed E-state index contributed by atoms with van der Waals surface area (Å²) in [6, 6.07) is 8.17. The predicted molar refractivity (Wildman–Crippen MR) is 92.5 cm³/mol. The molecule has 0 amide bonds. The summed E-state index contributed by atoms with van der Waals surface area (Å²) in [6.45, 7) is 0. The van der Waals surface area contributed by atoms with E-state index in [1.807, 2.05) is 35.3 Å². The van der Waals surface area contributed by atoms with Crippen molar-refractivity contribution >= 4 is 27.4 Å². The molecular weight excluding hydrogens is 325 g/mol. The van der Waals surface area contributed by atoms with Gasteiger partial charge in [0.05, 0.1) is 5.39 Å². The first-order chi connectivity index (χ1) is 11.7. The van der Waals surface area contributed by atoms with E-state index in [-0.39, 0.29) is 11.9 Å². The predicted octanol–water partition coefficient (Wildman–Crippen LogP) is 3.77. The third kappa shape index (κ3) is 2.63. The third-order valence-corrected chi connectivity index (χ3v) is 4.66. The van der Waals surface area contributed by atoms with Crippen molar-refractivity contribution in [3.8, 4) is 0 Å². The average Bonchev–Trinajstić information content (AvgIpc) is 3.21. The first-order valence-electron chi connectivity index (χ1n) is 7.40. The highest BCUT2D eigenvalue weighted by atomic mass is 32.1. The number of benzene rings is 1. The van der Waals surface area contributed by atoms with Crippen molar-refractivity contribution in [2.45, 2.75) is 6.04 Å². The summed E-state index contributed by atoms with van der Waals surface area (Å²) < 4.78 is 15.6. The van der Waals surface area contributed by atoms with Crippen molar-refractivity contribution in [2.75, 3.05) is 5.32 Å².